The van der Waals surface area contributed by atoms with Crippen LogP contribution in [0.1, 0.15) is 90.1 Å². The summed E-state index contributed by atoms with van der Waals surface area (Å²) in [5.74, 6) is 0.0157. The van der Waals surface area contributed by atoms with Crippen LogP contribution in [0.25, 0.3) is 0 Å². The summed E-state index contributed by atoms with van der Waals surface area (Å²) >= 11 is 0. The molecule has 2 aromatic rings. The van der Waals surface area contributed by atoms with E-state index < -0.39 is 17.8 Å². The normalized spacial score (nSPS) is 24.1. The number of halogens is 3. The highest BCUT2D eigenvalue weighted by Crippen LogP contribution is 2.45. The number of aromatic nitrogens is 2. The Balaban J connectivity index is 1.17. The first-order valence-electron chi connectivity index (χ1n) is 14.9. The van der Waals surface area contributed by atoms with Crippen molar-refractivity contribution < 1.29 is 22.8 Å². The van der Waals surface area contributed by atoms with E-state index in [9.17, 15) is 22.8 Å². The van der Waals surface area contributed by atoms with Gasteiger partial charge in [0.1, 0.15) is 0 Å². The summed E-state index contributed by atoms with van der Waals surface area (Å²) in [6.45, 7) is 3.25. The number of urea groups is 1. The van der Waals surface area contributed by atoms with E-state index in [0.717, 1.165) is 57.0 Å². The van der Waals surface area contributed by atoms with Crippen molar-refractivity contribution >= 4 is 11.9 Å². The van der Waals surface area contributed by atoms with Crippen LogP contribution >= 0.6 is 0 Å². The highest BCUT2D eigenvalue weighted by molar-refractivity contribution is 5.96. The third-order valence-corrected chi connectivity index (χ3v) is 9.41. The quantitative estimate of drug-likeness (QED) is 0.497. The first-order valence-corrected chi connectivity index (χ1v) is 14.9. The molecular formula is C30H39F3N6O2. The molecule has 2 unspecified atom stereocenters. The molecule has 4 fully saturated rings. The third kappa shape index (κ3) is 5.45. The standard InChI is InChI=1S/C30H39F3N6O2/c1-35(2)22-13-17-37(19-22)29(41)36-15-11-21(12-16-36)39-27(20-9-10-20)24(18-34-39)28(40)38-14-5-8-26(38)23-6-3-4-7-25(23)30(31,32)33/h3-4,6-7,18,20-22,26H,5,8-17,19H2,1-2H3. The fourth-order valence-electron chi connectivity index (χ4n) is 6.96. The van der Waals surface area contributed by atoms with E-state index in [0.29, 0.717) is 44.1 Å². The van der Waals surface area contributed by atoms with E-state index in [4.69, 9.17) is 5.10 Å². The average molecular weight is 573 g/mol. The lowest BCUT2D eigenvalue weighted by Crippen LogP contribution is -2.47. The van der Waals surface area contributed by atoms with Crippen molar-refractivity contribution in [2.75, 3.05) is 46.8 Å². The first-order chi connectivity index (χ1) is 19.6. The van der Waals surface area contributed by atoms with Crippen molar-refractivity contribution in [2.24, 2.45) is 0 Å². The number of amides is 3. The van der Waals surface area contributed by atoms with Crippen LogP contribution in [0.5, 0.6) is 0 Å². The van der Waals surface area contributed by atoms with Gasteiger partial charge in [0.25, 0.3) is 5.91 Å². The Labute approximate surface area is 239 Å². The molecule has 1 saturated carbocycles. The number of carbonyl (C=O) groups is 2. The smallest absolute Gasteiger partial charge is 0.331 e. The summed E-state index contributed by atoms with van der Waals surface area (Å²) in [4.78, 5) is 34.8. The Morgan fingerprint density at radius 3 is 2.29 bits per heavy atom. The van der Waals surface area contributed by atoms with Gasteiger partial charge >= 0.3 is 12.2 Å². The number of piperidine rings is 1. The molecule has 1 aromatic heterocycles. The van der Waals surface area contributed by atoms with Crippen LogP contribution in [-0.2, 0) is 6.18 Å². The number of nitrogens with zero attached hydrogens (tertiary/aromatic N) is 6. The number of hydrogen-bond donors (Lipinski definition) is 0. The Kier molecular flexibility index (Phi) is 7.50. The van der Waals surface area contributed by atoms with E-state index >= 15 is 0 Å². The molecule has 0 bridgehead atoms. The molecule has 0 spiro atoms. The van der Waals surface area contributed by atoms with E-state index in [2.05, 4.69) is 19.0 Å². The summed E-state index contributed by atoms with van der Waals surface area (Å²) in [6.07, 6.45) is 2.79. The third-order valence-electron chi connectivity index (χ3n) is 9.41. The number of carbonyl (C=O) groups excluding carboxylic acids is 2. The maximum absolute atomic E-state index is 13.9. The molecule has 6 rings (SSSR count). The second-order valence-corrected chi connectivity index (χ2v) is 12.3. The van der Waals surface area contributed by atoms with Crippen LogP contribution in [0.15, 0.2) is 30.5 Å². The molecule has 4 aliphatic rings. The monoisotopic (exact) mass is 572 g/mol. The zero-order chi connectivity index (χ0) is 28.9. The fraction of sp³-hybridized carbons (Fsp3) is 0.633. The largest absolute Gasteiger partial charge is 0.416 e. The maximum atomic E-state index is 13.9. The molecule has 4 heterocycles. The second-order valence-electron chi connectivity index (χ2n) is 12.3. The molecule has 3 aliphatic heterocycles. The minimum Gasteiger partial charge on any atom is -0.331 e. The lowest BCUT2D eigenvalue weighted by atomic mass is 9.97. The average Bonchev–Trinajstić information content (AvgIpc) is 3.35. The Morgan fingerprint density at radius 2 is 1.63 bits per heavy atom. The summed E-state index contributed by atoms with van der Waals surface area (Å²) < 4.78 is 43.4. The number of hydrogen-bond acceptors (Lipinski definition) is 4. The maximum Gasteiger partial charge on any atom is 0.416 e. The van der Waals surface area contributed by atoms with Gasteiger partial charge in [0.05, 0.1) is 35.1 Å². The Morgan fingerprint density at radius 1 is 0.927 bits per heavy atom. The highest BCUT2D eigenvalue weighted by Gasteiger charge is 2.42. The van der Waals surface area contributed by atoms with Gasteiger partial charge in [-0.25, -0.2) is 4.79 Å². The number of alkyl halides is 3. The van der Waals surface area contributed by atoms with Crippen molar-refractivity contribution in [3.63, 3.8) is 0 Å². The zero-order valence-corrected chi connectivity index (χ0v) is 23.8. The summed E-state index contributed by atoms with van der Waals surface area (Å²) in [5.41, 5.74) is 0.936. The van der Waals surface area contributed by atoms with Crippen molar-refractivity contribution in [2.45, 2.75) is 75.2 Å². The van der Waals surface area contributed by atoms with Crippen molar-refractivity contribution in [3.05, 3.63) is 52.8 Å². The zero-order valence-electron chi connectivity index (χ0n) is 23.8. The van der Waals surface area contributed by atoms with Gasteiger partial charge in [-0.15, -0.1) is 0 Å². The second kappa shape index (κ2) is 11.0. The van der Waals surface area contributed by atoms with Gasteiger partial charge in [0.15, 0.2) is 0 Å². The van der Waals surface area contributed by atoms with Gasteiger partial charge in [0.2, 0.25) is 0 Å². The van der Waals surface area contributed by atoms with Crippen molar-refractivity contribution in [1.82, 2.24) is 29.4 Å². The van der Waals surface area contributed by atoms with Crippen LogP contribution in [0, 0.1) is 0 Å². The minimum atomic E-state index is -4.48. The molecule has 41 heavy (non-hydrogen) atoms. The fourth-order valence-corrected chi connectivity index (χ4v) is 6.96. The lowest BCUT2D eigenvalue weighted by Gasteiger charge is -2.35. The molecular weight excluding hydrogens is 533 g/mol. The molecule has 8 nitrogen and oxygen atoms in total. The predicted molar refractivity (Wildman–Crippen MR) is 148 cm³/mol. The summed E-state index contributed by atoms with van der Waals surface area (Å²) in [5, 5.41) is 4.69. The predicted octanol–water partition coefficient (Wildman–Crippen LogP) is 5.15. The van der Waals surface area contributed by atoms with Gasteiger partial charge < -0.3 is 19.6 Å². The number of rotatable bonds is 5. The number of benzene rings is 1. The van der Waals surface area contributed by atoms with Gasteiger partial charge in [-0.1, -0.05) is 18.2 Å². The molecule has 11 heteroatoms. The highest BCUT2D eigenvalue weighted by atomic mass is 19.4. The Bertz CT molecular complexity index is 1280. The molecule has 1 aromatic carbocycles. The van der Waals surface area contributed by atoms with E-state index in [-0.39, 0.29) is 29.5 Å². The molecule has 1 aliphatic carbocycles. The van der Waals surface area contributed by atoms with Crippen LogP contribution < -0.4 is 0 Å². The van der Waals surface area contributed by atoms with Crippen LogP contribution in [0.2, 0.25) is 0 Å². The summed E-state index contributed by atoms with van der Waals surface area (Å²) in [6, 6.07) is 5.59. The van der Waals surface area contributed by atoms with E-state index in [1.165, 1.54) is 12.1 Å². The molecule has 0 N–H and O–H groups in total. The van der Waals surface area contributed by atoms with Gasteiger partial charge in [-0.3, -0.25) is 9.48 Å². The SMILES string of the molecule is CN(C)C1CCN(C(=O)N2CCC(n3ncc(C(=O)N4CCCC4c4ccccc4C(F)(F)F)c3C3CC3)CC2)C1. The molecule has 3 amide bonds. The number of likely N-dealkylation sites (tertiary alicyclic amines) is 3. The lowest BCUT2D eigenvalue weighted by molar-refractivity contribution is -0.138. The van der Waals surface area contributed by atoms with Gasteiger partial charge in [-0.05, 0) is 70.7 Å². The molecule has 2 atom stereocenters. The molecule has 0 radical (unpaired) electrons. The first kappa shape index (κ1) is 28.1. The molecule has 222 valence electrons. The summed E-state index contributed by atoms with van der Waals surface area (Å²) in [7, 11) is 4.10. The van der Waals surface area contributed by atoms with Crippen LogP contribution in [0.4, 0.5) is 18.0 Å². The van der Waals surface area contributed by atoms with Crippen molar-refractivity contribution in [3.8, 4) is 0 Å². The minimum absolute atomic E-state index is 0.0876. The van der Waals surface area contributed by atoms with E-state index in [1.807, 2.05) is 14.5 Å². The molecule has 3 saturated heterocycles. The van der Waals surface area contributed by atoms with E-state index in [1.54, 1.807) is 17.2 Å². The topological polar surface area (TPSA) is 64.9 Å². The van der Waals surface area contributed by atoms with Crippen molar-refractivity contribution in [1.29, 1.82) is 0 Å². The number of likely N-dealkylation sites (N-methyl/N-ethyl adjacent to an activating group) is 1. The van der Waals surface area contributed by atoms with Crippen LogP contribution in [-0.4, -0.2) is 94.2 Å². The van der Waals surface area contributed by atoms with Crippen LogP contribution in [0.3, 0.4) is 0 Å². The van der Waals surface area contributed by atoms with Gasteiger partial charge in [-0.2, -0.15) is 18.3 Å². The van der Waals surface area contributed by atoms with Gasteiger partial charge in [0, 0.05) is 44.7 Å². The Hall–Kier alpha value is -3.08.